The number of ether oxygens (including phenoxy) is 2. The Morgan fingerprint density at radius 3 is 2.72 bits per heavy atom. The van der Waals surface area contributed by atoms with E-state index in [1.807, 2.05) is 0 Å². The van der Waals surface area contributed by atoms with E-state index in [9.17, 15) is 14.3 Å². The summed E-state index contributed by atoms with van der Waals surface area (Å²) in [5, 5.41) is 10.6. The average molecular weight is 461 g/mol. The van der Waals surface area contributed by atoms with E-state index >= 15 is 0 Å². The molecule has 0 spiro atoms. The van der Waals surface area contributed by atoms with Gasteiger partial charge in [0.15, 0.2) is 0 Å². The first-order valence-corrected chi connectivity index (χ1v) is 10.7. The van der Waals surface area contributed by atoms with Gasteiger partial charge in [-0.05, 0) is 49.6 Å². The van der Waals surface area contributed by atoms with Gasteiger partial charge in [0.05, 0.1) is 37.3 Å². The molecule has 6 nitrogen and oxygen atoms in total. The highest BCUT2D eigenvalue weighted by Crippen LogP contribution is 2.32. The molecule has 0 radical (unpaired) electrons. The van der Waals surface area contributed by atoms with Gasteiger partial charge >= 0.3 is 5.97 Å². The molecule has 0 saturated heterocycles. The highest BCUT2D eigenvalue weighted by atomic mass is 35.5. The lowest BCUT2D eigenvalue weighted by molar-refractivity contribution is -0.140. The highest BCUT2D eigenvalue weighted by Gasteiger charge is 2.26. The zero-order valence-corrected chi connectivity index (χ0v) is 18.8. The predicted molar refractivity (Wildman–Crippen MR) is 123 cm³/mol. The predicted octanol–water partition coefficient (Wildman–Crippen LogP) is 4.51. The summed E-state index contributed by atoms with van der Waals surface area (Å²) in [7, 11) is 2.86. The molecule has 2 aromatic rings. The van der Waals surface area contributed by atoms with Crippen LogP contribution >= 0.6 is 11.6 Å². The molecule has 170 valence electrons. The van der Waals surface area contributed by atoms with Crippen LogP contribution in [0.5, 0.6) is 0 Å². The molecule has 0 aromatic heterocycles. The summed E-state index contributed by atoms with van der Waals surface area (Å²) in [6.07, 6.45) is 0.658. The van der Waals surface area contributed by atoms with Crippen LogP contribution in [-0.4, -0.2) is 55.5 Å². The lowest BCUT2D eigenvalue weighted by atomic mass is 9.99. The second-order valence-corrected chi connectivity index (χ2v) is 7.94. The molecule has 8 heteroatoms. The zero-order valence-electron chi connectivity index (χ0n) is 18.1. The van der Waals surface area contributed by atoms with Crippen LogP contribution in [0.25, 0.3) is 0 Å². The number of hydrogen-bond acceptors (Lipinski definition) is 6. The Morgan fingerprint density at radius 1 is 1.22 bits per heavy atom. The summed E-state index contributed by atoms with van der Waals surface area (Å²) in [5.74, 6) is -0.779. The minimum Gasteiger partial charge on any atom is -0.469 e. The van der Waals surface area contributed by atoms with Crippen molar-refractivity contribution in [3.63, 3.8) is 0 Å². The molecule has 2 aromatic carbocycles. The van der Waals surface area contributed by atoms with Crippen LogP contribution < -0.4 is 0 Å². The number of esters is 1. The summed E-state index contributed by atoms with van der Waals surface area (Å²) in [6, 6.07) is 11.1. The zero-order chi connectivity index (χ0) is 23.1. The smallest absolute Gasteiger partial charge is 0.305 e. The van der Waals surface area contributed by atoms with Crippen molar-refractivity contribution < 1.29 is 23.8 Å². The van der Waals surface area contributed by atoms with Gasteiger partial charge in [-0.1, -0.05) is 23.7 Å². The van der Waals surface area contributed by atoms with Crippen molar-refractivity contribution in [3.8, 4) is 0 Å². The molecule has 32 heavy (non-hydrogen) atoms. The number of benzene rings is 2. The number of carbonyl (C=O) groups excluding carboxylic acids is 1. The lowest BCUT2D eigenvalue weighted by Crippen LogP contribution is -2.24. The van der Waals surface area contributed by atoms with Crippen LogP contribution in [0, 0.1) is 5.82 Å². The van der Waals surface area contributed by atoms with Gasteiger partial charge in [-0.2, -0.15) is 0 Å². The molecule has 1 aliphatic rings. The fraction of sp³-hybridized carbons (Fsp3) is 0.375. The van der Waals surface area contributed by atoms with Crippen molar-refractivity contribution in [2.75, 3.05) is 20.8 Å². The molecule has 1 unspecified atom stereocenters. The van der Waals surface area contributed by atoms with Gasteiger partial charge in [0.1, 0.15) is 5.82 Å². The Hall–Kier alpha value is -2.61. The van der Waals surface area contributed by atoms with Gasteiger partial charge in [-0.3, -0.25) is 14.8 Å². The molecule has 0 saturated carbocycles. The molecule has 1 aliphatic heterocycles. The maximum atomic E-state index is 14.8. The van der Waals surface area contributed by atoms with Gasteiger partial charge in [0, 0.05) is 35.4 Å². The number of fused-ring (bicyclic) bond motifs is 1. The monoisotopic (exact) mass is 460 g/mol. The van der Waals surface area contributed by atoms with Gasteiger partial charge in [0.2, 0.25) is 0 Å². The molecule has 2 atom stereocenters. The maximum absolute atomic E-state index is 14.8. The van der Waals surface area contributed by atoms with E-state index in [0.29, 0.717) is 52.5 Å². The average Bonchev–Trinajstić information content (AvgIpc) is 2.93. The SMILES string of the molecule is COCC(O)CCC1=Nc2ccc(Cl)cc2C(c2ccccc2F)=N[C@H]1CCC(=O)OC. The van der Waals surface area contributed by atoms with Crippen molar-refractivity contribution in [2.24, 2.45) is 9.98 Å². The minimum atomic E-state index is -0.660. The first-order valence-electron chi connectivity index (χ1n) is 10.4. The van der Waals surface area contributed by atoms with Gasteiger partial charge < -0.3 is 14.6 Å². The van der Waals surface area contributed by atoms with E-state index < -0.39 is 18.0 Å². The molecule has 0 amide bonds. The number of aliphatic imine (C=N–C) groups is 2. The Labute approximate surface area is 191 Å². The molecular formula is C24H26ClFN2O4. The van der Waals surface area contributed by atoms with Crippen molar-refractivity contribution in [3.05, 3.63) is 64.4 Å². The fourth-order valence-corrected chi connectivity index (χ4v) is 3.77. The van der Waals surface area contributed by atoms with Crippen molar-refractivity contribution >= 4 is 34.7 Å². The molecule has 0 aliphatic carbocycles. The molecule has 3 rings (SSSR count). The number of halogens is 2. The van der Waals surface area contributed by atoms with Crippen LogP contribution in [-0.2, 0) is 14.3 Å². The third-order valence-electron chi connectivity index (χ3n) is 5.22. The largest absolute Gasteiger partial charge is 0.469 e. The topological polar surface area (TPSA) is 80.5 Å². The first-order chi connectivity index (χ1) is 15.4. The Morgan fingerprint density at radius 2 is 2.00 bits per heavy atom. The van der Waals surface area contributed by atoms with E-state index in [1.165, 1.54) is 20.3 Å². The minimum absolute atomic E-state index is 0.131. The number of aliphatic hydroxyl groups is 1. The van der Waals surface area contributed by atoms with Gasteiger partial charge in [0.25, 0.3) is 0 Å². The van der Waals surface area contributed by atoms with Crippen LogP contribution in [0.3, 0.4) is 0 Å². The molecule has 1 N–H and O–H groups in total. The summed E-state index contributed by atoms with van der Waals surface area (Å²) in [4.78, 5) is 21.5. The molecule has 0 fully saturated rings. The second kappa shape index (κ2) is 11.3. The number of nitrogens with zero attached hydrogens (tertiary/aromatic N) is 2. The third-order valence-corrected chi connectivity index (χ3v) is 5.45. The number of hydrogen-bond donors (Lipinski definition) is 1. The van der Waals surface area contributed by atoms with Crippen molar-refractivity contribution in [1.82, 2.24) is 0 Å². The quantitative estimate of drug-likeness (QED) is 0.558. The first kappa shape index (κ1) is 24.0. The molecule has 0 bridgehead atoms. The number of rotatable bonds is 9. The molecular weight excluding hydrogens is 435 g/mol. The Balaban J connectivity index is 2.08. The van der Waals surface area contributed by atoms with Crippen LogP contribution in [0.1, 0.15) is 36.8 Å². The van der Waals surface area contributed by atoms with E-state index in [4.69, 9.17) is 31.1 Å². The summed E-state index contributed by atoms with van der Waals surface area (Å²) >= 11 is 6.25. The van der Waals surface area contributed by atoms with Crippen LogP contribution in [0.15, 0.2) is 52.4 Å². The van der Waals surface area contributed by atoms with Gasteiger partial charge in [-0.15, -0.1) is 0 Å². The second-order valence-electron chi connectivity index (χ2n) is 7.50. The number of aliphatic hydroxyl groups excluding tert-OH is 1. The number of carbonyl (C=O) groups is 1. The van der Waals surface area contributed by atoms with Crippen LogP contribution in [0.2, 0.25) is 5.02 Å². The van der Waals surface area contributed by atoms with Crippen molar-refractivity contribution in [2.45, 2.75) is 37.8 Å². The van der Waals surface area contributed by atoms with E-state index in [-0.39, 0.29) is 19.0 Å². The number of methoxy groups -OCH3 is 2. The third kappa shape index (κ3) is 6.00. The highest BCUT2D eigenvalue weighted by molar-refractivity contribution is 6.31. The standard InChI is InChI=1S/C24H26ClFN2O4/c1-31-14-16(29)8-10-21-22(11-12-23(30)32-2)28-24(17-5-3-4-6-19(17)26)18-13-15(25)7-9-20(18)27-21/h3-7,9,13,16,22,29H,8,10-12,14H2,1-2H3/t16?,22-/m0/s1. The van der Waals surface area contributed by atoms with E-state index in [0.717, 1.165) is 0 Å². The Bertz CT molecular complexity index is 1020. The van der Waals surface area contributed by atoms with Crippen molar-refractivity contribution in [1.29, 1.82) is 0 Å². The molecule has 1 heterocycles. The van der Waals surface area contributed by atoms with Crippen LogP contribution in [0.4, 0.5) is 10.1 Å². The maximum Gasteiger partial charge on any atom is 0.305 e. The summed E-state index contributed by atoms with van der Waals surface area (Å²) < 4.78 is 24.6. The summed E-state index contributed by atoms with van der Waals surface area (Å²) in [5.41, 5.74) is 2.66. The lowest BCUT2D eigenvalue weighted by Gasteiger charge is -2.17. The van der Waals surface area contributed by atoms with E-state index in [1.54, 1.807) is 36.4 Å². The van der Waals surface area contributed by atoms with Gasteiger partial charge in [-0.25, -0.2) is 4.39 Å². The fourth-order valence-electron chi connectivity index (χ4n) is 3.59. The Kier molecular flexibility index (Phi) is 8.50. The summed E-state index contributed by atoms with van der Waals surface area (Å²) in [6.45, 7) is 0.204. The van der Waals surface area contributed by atoms with E-state index in [2.05, 4.69) is 0 Å². The normalized spacial score (nSPS) is 16.5.